The van der Waals surface area contributed by atoms with Crippen LogP contribution in [0.5, 0.6) is 11.8 Å². The number of nitrogens with zero attached hydrogens (tertiary/aromatic N) is 4. The maximum Gasteiger partial charge on any atom is 0.345 e. The van der Waals surface area contributed by atoms with Gasteiger partial charge in [-0.1, -0.05) is 23.7 Å². The molecule has 39 heavy (non-hydrogen) atoms. The molecule has 0 atom stereocenters. The van der Waals surface area contributed by atoms with Crippen LogP contribution in [0.15, 0.2) is 47.0 Å². The third kappa shape index (κ3) is 5.83. The normalized spacial score (nSPS) is 13.2. The predicted molar refractivity (Wildman–Crippen MR) is 145 cm³/mol. The van der Waals surface area contributed by atoms with Crippen LogP contribution in [0.1, 0.15) is 27.7 Å². The molecule has 4 heterocycles. The molecule has 12 heteroatoms. The molecule has 4 aromatic rings. The molecule has 1 aliphatic heterocycles. The second-order valence-electron chi connectivity index (χ2n) is 8.41. The summed E-state index contributed by atoms with van der Waals surface area (Å²) in [5.74, 6) is -0.645. The van der Waals surface area contributed by atoms with Gasteiger partial charge in [-0.2, -0.15) is 5.26 Å². The van der Waals surface area contributed by atoms with Crippen molar-refractivity contribution in [1.29, 1.82) is 5.26 Å². The van der Waals surface area contributed by atoms with Crippen molar-refractivity contribution >= 4 is 34.6 Å². The first-order valence-electron chi connectivity index (χ1n) is 12.1. The average molecular weight is 567 g/mol. The Hall–Kier alpha value is -4.11. The molecule has 10 nitrogen and oxygen atoms in total. The number of aromatic nitrogens is 2. The molecular formula is C27H23ClN4O6S. The van der Waals surface area contributed by atoms with E-state index in [1.807, 2.05) is 31.2 Å². The highest BCUT2D eigenvalue weighted by atomic mass is 35.5. The predicted octanol–water partition coefficient (Wildman–Crippen LogP) is 5.50. The molecule has 5 rings (SSSR count). The van der Waals surface area contributed by atoms with Crippen molar-refractivity contribution in [2.45, 2.75) is 13.5 Å². The number of ether oxygens (including phenoxy) is 3. The third-order valence-electron chi connectivity index (χ3n) is 5.97. The number of anilines is 1. The highest BCUT2D eigenvalue weighted by molar-refractivity contribution is 7.18. The minimum absolute atomic E-state index is 0.0394. The first-order chi connectivity index (χ1) is 19.0. The Morgan fingerprint density at radius 1 is 1.23 bits per heavy atom. The van der Waals surface area contributed by atoms with Gasteiger partial charge < -0.3 is 28.6 Å². The van der Waals surface area contributed by atoms with Crippen molar-refractivity contribution in [3.8, 4) is 40.6 Å². The highest BCUT2D eigenvalue weighted by Crippen LogP contribution is 2.36. The topological polar surface area (TPSA) is 131 Å². The zero-order valence-electron chi connectivity index (χ0n) is 20.8. The van der Waals surface area contributed by atoms with Crippen LogP contribution >= 0.6 is 22.9 Å². The van der Waals surface area contributed by atoms with Crippen molar-refractivity contribution < 1.29 is 28.5 Å². The lowest BCUT2D eigenvalue weighted by molar-refractivity contribution is 0.0702. The number of benzene rings is 1. The zero-order chi connectivity index (χ0) is 27.4. The lowest BCUT2D eigenvalue weighted by Crippen LogP contribution is -2.36. The van der Waals surface area contributed by atoms with Gasteiger partial charge in [0.25, 0.3) is 0 Å². The van der Waals surface area contributed by atoms with Gasteiger partial charge in [0.05, 0.1) is 31.1 Å². The van der Waals surface area contributed by atoms with Gasteiger partial charge in [-0.15, -0.1) is 11.3 Å². The van der Waals surface area contributed by atoms with Crippen LogP contribution in [0.4, 0.5) is 5.69 Å². The van der Waals surface area contributed by atoms with Gasteiger partial charge in [0, 0.05) is 29.9 Å². The fraction of sp³-hybridized carbons (Fsp3) is 0.259. The van der Waals surface area contributed by atoms with Crippen LogP contribution < -0.4 is 14.4 Å². The highest BCUT2D eigenvalue weighted by Gasteiger charge is 2.22. The number of hydrogen-bond acceptors (Lipinski definition) is 10. The van der Waals surface area contributed by atoms with Crippen molar-refractivity contribution in [3.63, 3.8) is 0 Å². The summed E-state index contributed by atoms with van der Waals surface area (Å²) in [6.07, 6.45) is 1.44. The van der Waals surface area contributed by atoms with Gasteiger partial charge >= 0.3 is 11.9 Å². The summed E-state index contributed by atoms with van der Waals surface area (Å²) in [6.45, 7) is 5.14. The smallest absolute Gasteiger partial charge is 0.345 e. The number of hydrogen-bond donors (Lipinski definition) is 1. The van der Waals surface area contributed by atoms with E-state index in [2.05, 4.69) is 20.9 Å². The number of halogens is 1. The largest absolute Gasteiger partial charge is 0.477 e. The molecule has 1 fully saturated rings. The van der Waals surface area contributed by atoms with Crippen molar-refractivity contribution in [2.24, 2.45) is 0 Å². The van der Waals surface area contributed by atoms with E-state index in [4.69, 9.17) is 30.2 Å². The molecule has 1 N–H and O–H groups in total. The molecule has 1 aromatic carbocycles. The summed E-state index contributed by atoms with van der Waals surface area (Å²) in [6, 6.07) is 13.2. The lowest BCUT2D eigenvalue weighted by Gasteiger charge is -2.28. The van der Waals surface area contributed by atoms with Gasteiger partial charge in [0.1, 0.15) is 33.6 Å². The summed E-state index contributed by atoms with van der Waals surface area (Å²) in [7, 11) is 0. The Kier molecular flexibility index (Phi) is 7.97. The number of morpholine rings is 1. The molecule has 3 aromatic heterocycles. The van der Waals surface area contributed by atoms with Crippen LogP contribution in [0.3, 0.4) is 0 Å². The van der Waals surface area contributed by atoms with E-state index in [1.165, 1.54) is 12.3 Å². The number of thiophene rings is 1. The molecule has 0 amide bonds. The fourth-order valence-electron chi connectivity index (χ4n) is 4.06. The van der Waals surface area contributed by atoms with Crippen LogP contribution in [-0.2, 0) is 11.3 Å². The molecule has 0 spiro atoms. The Morgan fingerprint density at radius 3 is 2.67 bits per heavy atom. The number of rotatable bonds is 9. The number of nitriles is 1. The van der Waals surface area contributed by atoms with Gasteiger partial charge in [-0.25, -0.2) is 14.8 Å². The van der Waals surface area contributed by atoms with Crippen molar-refractivity contribution in [1.82, 2.24) is 9.97 Å². The first-order valence-corrected chi connectivity index (χ1v) is 13.3. The number of aromatic carboxylic acids is 1. The van der Waals surface area contributed by atoms with E-state index >= 15 is 0 Å². The Labute approximate surface area is 233 Å². The third-order valence-corrected chi connectivity index (χ3v) is 7.40. The maximum atomic E-state index is 11.3. The fourth-order valence-corrected chi connectivity index (χ4v) is 5.15. The van der Waals surface area contributed by atoms with Gasteiger partial charge in [-0.05, 0) is 31.2 Å². The molecule has 0 aliphatic carbocycles. The van der Waals surface area contributed by atoms with E-state index in [-0.39, 0.29) is 39.1 Å². The van der Waals surface area contributed by atoms with Gasteiger partial charge in [0.2, 0.25) is 11.8 Å². The second-order valence-corrected chi connectivity index (χ2v) is 10.1. The van der Waals surface area contributed by atoms with Crippen LogP contribution in [0.2, 0.25) is 4.34 Å². The number of oxazole rings is 1. The minimum Gasteiger partial charge on any atom is -0.477 e. The minimum atomic E-state index is -1.08. The Balaban J connectivity index is 1.53. The summed E-state index contributed by atoms with van der Waals surface area (Å²) >= 11 is 7.17. The zero-order valence-corrected chi connectivity index (χ0v) is 22.4. The molecule has 0 saturated carbocycles. The van der Waals surface area contributed by atoms with Crippen LogP contribution in [0.25, 0.3) is 22.7 Å². The van der Waals surface area contributed by atoms with E-state index in [9.17, 15) is 15.2 Å². The lowest BCUT2D eigenvalue weighted by atomic mass is 10.0. The van der Waals surface area contributed by atoms with Crippen molar-refractivity contribution in [3.05, 3.63) is 62.9 Å². The van der Waals surface area contributed by atoms with Crippen LogP contribution in [-0.4, -0.2) is 54.0 Å². The average Bonchev–Trinajstić information content (AvgIpc) is 3.58. The molecule has 200 valence electrons. The number of carboxylic acids is 1. The summed E-state index contributed by atoms with van der Waals surface area (Å²) in [4.78, 5) is 22.6. The van der Waals surface area contributed by atoms with Gasteiger partial charge in [-0.3, -0.25) is 0 Å². The van der Waals surface area contributed by atoms with E-state index in [0.717, 1.165) is 35.7 Å². The summed E-state index contributed by atoms with van der Waals surface area (Å²) in [5.41, 5.74) is 3.36. The molecule has 1 aliphatic rings. The number of carbonyl (C=O) groups is 1. The second kappa shape index (κ2) is 11.7. The molecule has 0 unspecified atom stereocenters. The van der Waals surface area contributed by atoms with Crippen molar-refractivity contribution in [2.75, 3.05) is 37.8 Å². The molecular weight excluding hydrogens is 544 g/mol. The van der Waals surface area contributed by atoms with Crippen LogP contribution in [0, 0.1) is 11.3 Å². The van der Waals surface area contributed by atoms with E-state index in [1.54, 1.807) is 6.07 Å². The van der Waals surface area contributed by atoms with E-state index in [0.29, 0.717) is 36.6 Å². The Bertz CT molecular complexity index is 1520. The molecule has 0 radical (unpaired) electrons. The number of carboxylic acid groups (broad SMARTS) is 1. The standard InChI is InChI=1S/C27H23ClN4O6S/c1-2-36-23-14-30-25(38-23)19-12-21(16-3-5-18(6-4-16)32-7-9-35-10-8-32)31-26(20(19)13-29)37-15-17-11-22(27(33)34)39-24(17)28/h3-6,11-12,14H,2,7-10,15H2,1H3,(H,33,34). The number of pyridine rings is 1. The Morgan fingerprint density at radius 2 is 2.00 bits per heavy atom. The van der Waals surface area contributed by atoms with E-state index < -0.39 is 5.97 Å². The SMILES string of the molecule is CCOc1cnc(-c2cc(-c3ccc(N4CCOCC4)cc3)nc(OCc3cc(C(=O)O)sc3Cl)c2C#N)o1. The summed E-state index contributed by atoms with van der Waals surface area (Å²) < 4.78 is 22.8. The molecule has 1 saturated heterocycles. The monoisotopic (exact) mass is 566 g/mol. The summed E-state index contributed by atoms with van der Waals surface area (Å²) in [5, 5.41) is 19.3. The first kappa shape index (κ1) is 26.5. The maximum absolute atomic E-state index is 11.3. The van der Waals surface area contributed by atoms with Gasteiger partial charge in [0.15, 0.2) is 0 Å². The molecule has 0 bridgehead atoms. The quantitative estimate of drug-likeness (QED) is 0.277.